The number of nitrogens with one attached hydrogen (secondary N) is 2. The average Bonchev–Trinajstić information content (AvgIpc) is 2.37. The van der Waals surface area contributed by atoms with Crippen LogP contribution in [0.3, 0.4) is 0 Å². The molecule has 1 amide bonds. The van der Waals surface area contributed by atoms with E-state index in [1.807, 2.05) is 6.92 Å². The third-order valence-corrected chi connectivity index (χ3v) is 2.86. The van der Waals surface area contributed by atoms with Gasteiger partial charge in [-0.3, -0.25) is 9.59 Å². The Hall–Kier alpha value is -1.69. The Morgan fingerprint density at radius 2 is 2.26 bits per heavy atom. The summed E-state index contributed by atoms with van der Waals surface area (Å²) in [6.07, 6.45) is 2.49. The molecular formula is C13H18N2O3S. The van der Waals surface area contributed by atoms with Crippen LogP contribution in [0.2, 0.25) is 0 Å². The van der Waals surface area contributed by atoms with E-state index in [-0.39, 0.29) is 24.3 Å². The van der Waals surface area contributed by atoms with Crippen LogP contribution >= 0.6 is 12.2 Å². The summed E-state index contributed by atoms with van der Waals surface area (Å²) in [5.74, 6) is -0.487. The lowest BCUT2D eigenvalue weighted by Crippen LogP contribution is -2.33. The van der Waals surface area contributed by atoms with Gasteiger partial charge in [0.15, 0.2) is 0 Å². The van der Waals surface area contributed by atoms with Crippen LogP contribution in [0, 0.1) is 4.64 Å². The number of pyridine rings is 1. The number of rotatable bonds is 6. The number of aromatic amines is 1. The summed E-state index contributed by atoms with van der Waals surface area (Å²) in [6, 6.07) is 3.26. The van der Waals surface area contributed by atoms with Crippen molar-refractivity contribution in [1.29, 1.82) is 0 Å². The molecule has 0 unspecified atom stereocenters. The third-order valence-electron chi connectivity index (χ3n) is 2.53. The van der Waals surface area contributed by atoms with Gasteiger partial charge in [-0.1, -0.05) is 12.2 Å². The van der Waals surface area contributed by atoms with Crippen molar-refractivity contribution in [1.82, 2.24) is 10.3 Å². The quantitative estimate of drug-likeness (QED) is 0.620. The Labute approximate surface area is 117 Å². The first-order valence-electron chi connectivity index (χ1n) is 6.18. The minimum atomic E-state index is -0.249. The maximum atomic E-state index is 11.9. The van der Waals surface area contributed by atoms with Crippen molar-refractivity contribution in [3.05, 3.63) is 28.5 Å². The van der Waals surface area contributed by atoms with E-state index in [0.717, 1.165) is 0 Å². The summed E-state index contributed by atoms with van der Waals surface area (Å²) in [7, 11) is 0. The van der Waals surface area contributed by atoms with Gasteiger partial charge in [-0.25, -0.2) is 0 Å². The Balaban J connectivity index is 2.47. The second-order valence-corrected chi connectivity index (χ2v) is 4.54. The molecule has 0 bridgehead atoms. The summed E-state index contributed by atoms with van der Waals surface area (Å²) in [6.45, 7) is 3.98. The van der Waals surface area contributed by atoms with Gasteiger partial charge in [0.1, 0.15) is 4.64 Å². The summed E-state index contributed by atoms with van der Waals surface area (Å²) in [5.41, 5.74) is 0.431. The van der Waals surface area contributed by atoms with Crippen molar-refractivity contribution < 1.29 is 14.3 Å². The highest BCUT2D eigenvalue weighted by atomic mass is 32.1. The number of esters is 1. The maximum Gasteiger partial charge on any atom is 0.305 e. The summed E-state index contributed by atoms with van der Waals surface area (Å²) >= 11 is 5.03. The topological polar surface area (TPSA) is 71.2 Å². The van der Waals surface area contributed by atoms with Crippen molar-refractivity contribution in [3.8, 4) is 0 Å². The highest BCUT2D eigenvalue weighted by molar-refractivity contribution is 7.71. The molecule has 2 N–H and O–H groups in total. The van der Waals surface area contributed by atoms with Crippen LogP contribution in [0.15, 0.2) is 18.3 Å². The number of aromatic nitrogens is 1. The fourth-order valence-corrected chi connectivity index (χ4v) is 1.77. The lowest BCUT2D eigenvalue weighted by Gasteiger charge is -2.13. The first-order valence-corrected chi connectivity index (χ1v) is 6.59. The molecule has 0 aliphatic rings. The molecule has 0 spiro atoms. The molecular weight excluding hydrogens is 264 g/mol. The van der Waals surface area contributed by atoms with E-state index in [1.54, 1.807) is 25.3 Å². The number of amides is 1. The van der Waals surface area contributed by atoms with E-state index in [4.69, 9.17) is 17.0 Å². The van der Waals surface area contributed by atoms with Crippen LogP contribution in [0.1, 0.15) is 37.0 Å². The Morgan fingerprint density at radius 1 is 1.53 bits per heavy atom. The maximum absolute atomic E-state index is 11.9. The van der Waals surface area contributed by atoms with Gasteiger partial charge < -0.3 is 15.0 Å². The van der Waals surface area contributed by atoms with E-state index in [0.29, 0.717) is 23.2 Å². The van der Waals surface area contributed by atoms with Crippen LogP contribution in [0.5, 0.6) is 0 Å². The van der Waals surface area contributed by atoms with E-state index >= 15 is 0 Å². The smallest absolute Gasteiger partial charge is 0.305 e. The molecule has 104 valence electrons. The Bertz CT molecular complexity index is 499. The summed E-state index contributed by atoms with van der Waals surface area (Å²) in [5, 5.41) is 2.80. The molecule has 0 radical (unpaired) electrons. The van der Waals surface area contributed by atoms with Crippen molar-refractivity contribution in [2.24, 2.45) is 0 Å². The number of ether oxygens (including phenoxy) is 1. The van der Waals surface area contributed by atoms with E-state index in [1.165, 1.54) is 0 Å². The van der Waals surface area contributed by atoms with Crippen LogP contribution in [0.4, 0.5) is 0 Å². The van der Waals surface area contributed by atoms with Crippen molar-refractivity contribution in [2.45, 2.75) is 32.7 Å². The lowest BCUT2D eigenvalue weighted by atomic mass is 10.1. The lowest BCUT2D eigenvalue weighted by molar-refractivity contribution is -0.143. The number of carbonyl (C=O) groups excluding carboxylic acids is 2. The van der Waals surface area contributed by atoms with Crippen molar-refractivity contribution in [2.75, 3.05) is 6.61 Å². The Kier molecular flexibility index (Phi) is 6.21. The predicted octanol–water partition coefficient (Wildman–Crippen LogP) is 2.21. The molecule has 0 fully saturated rings. The van der Waals surface area contributed by atoms with Crippen LogP contribution < -0.4 is 5.32 Å². The van der Waals surface area contributed by atoms with Gasteiger partial charge in [0, 0.05) is 18.7 Å². The van der Waals surface area contributed by atoms with E-state index < -0.39 is 0 Å². The molecule has 0 aliphatic carbocycles. The van der Waals surface area contributed by atoms with Crippen LogP contribution in [-0.2, 0) is 9.53 Å². The Morgan fingerprint density at radius 3 is 2.89 bits per heavy atom. The summed E-state index contributed by atoms with van der Waals surface area (Å²) < 4.78 is 5.23. The molecule has 0 aromatic carbocycles. The van der Waals surface area contributed by atoms with Crippen molar-refractivity contribution >= 4 is 24.1 Å². The third kappa shape index (κ3) is 5.21. The molecule has 5 nitrogen and oxygen atoms in total. The zero-order chi connectivity index (χ0) is 14.3. The SMILES string of the molecule is CCOC(=O)CC[C@H](C)NC(=O)c1ccc[nH]c1=S. The molecule has 6 heteroatoms. The number of hydrogen-bond donors (Lipinski definition) is 2. The van der Waals surface area contributed by atoms with Crippen LogP contribution in [-0.4, -0.2) is 29.5 Å². The molecule has 1 heterocycles. The fraction of sp³-hybridized carbons (Fsp3) is 0.462. The number of hydrogen-bond acceptors (Lipinski definition) is 4. The highest BCUT2D eigenvalue weighted by Gasteiger charge is 2.12. The van der Waals surface area contributed by atoms with Gasteiger partial charge in [0.2, 0.25) is 0 Å². The first kappa shape index (κ1) is 15.4. The predicted molar refractivity (Wildman–Crippen MR) is 74.4 cm³/mol. The number of H-pyrrole nitrogens is 1. The molecule has 1 rings (SSSR count). The van der Waals surface area contributed by atoms with Crippen molar-refractivity contribution in [3.63, 3.8) is 0 Å². The van der Waals surface area contributed by atoms with Gasteiger partial charge in [0.05, 0.1) is 12.2 Å². The van der Waals surface area contributed by atoms with Gasteiger partial charge in [-0.05, 0) is 32.4 Å². The number of carbonyl (C=O) groups is 2. The molecule has 19 heavy (non-hydrogen) atoms. The molecule has 0 saturated carbocycles. The first-order chi connectivity index (χ1) is 9.04. The highest BCUT2D eigenvalue weighted by Crippen LogP contribution is 2.03. The normalized spacial score (nSPS) is 11.7. The van der Waals surface area contributed by atoms with E-state index in [9.17, 15) is 9.59 Å². The molecule has 0 saturated heterocycles. The zero-order valence-electron chi connectivity index (χ0n) is 11.1. The summed E-state index contributed by atoms with van der Waals surface area (Å²) in [4.78, 5) is 25.9. The zero-order valence-corrected chi connectivity index (χ0v) is 11.9. The fourth-order valence-electron chi connectivity index (χ4n) is 1.54. The van der Waals surface area contributed by atoms with Gasteiger partial charge in [-0.2, -0.15) is 0 Å². The minimum absolute atomic E-state index is 0.119. The second kappa shape index (κ2) is 7.68. The molecule has 1 atom stereocenters. The molecule has 1 aromatic heterocycles. The minimum Gasteiger partial charge on any atom is -0.466 e. The van der Waals surface area contributed by atoms with E-state index in [2.05, 4.69) is 10.3 Å². The van der Waals surface area contributed by atoms with Gasteiger partial charge >= 0.3 is 5.97 Å². The molecule has 0 aliphatic heterocycles. The molecule has 1 aromatic rings. The standard InChI is InChI=1S/C13H18N2O3S/c1-3-18-11(16)7-6-9(2)15-12(17)10-5-4-8-14-13(10)19/h4-5,8-9H,3,6-7H2,1-2H3,(H,14,19)(H,15,17)/t9-/m0/s1. The van der Waals surface area contributed by atoms with Gasteiger partial charge in [-0.15, -0.1) is 0 Å². The monoisotopic (exact) mass is 282 g/mol. The second-order valence-electron chi connectivity index (χ2n) is 4.13. The largest absolute Gasteiger partial charge is 0.466 e. The average molecular weight is 282 g/mol. The van der Waals surface area contributed by atoms with Crippen LogP contribution in [0.25, 0.3) is 0 Å². The van der Waals surface area contributed by atoms with Gasteiger partial charge in [0.25, 0.3) is 5.91 Å².